The van der Waals surface area contributed by atoms with Gasteiger partial charge in [0.1, 0.15) is 0 Å². The molecule has 6 heteroatoms. The topological polar surface area (TPSA) is 59.4 Å². The van der Waals surface area contributed by atoms with Gasteiger partial charge in [0.05, 0.1) is 23.8 Å². The van der Waals surface area contributed by atoms with Crippen molar-refractivity contribution in [2.75, 3.05) is 27.2 Å². The van der Waals surface area contributed by atoms with Crippen molar-refractivity contribution in [1.82, 2.24) is 20.0 Å². The van der Waals surface area contributed by atoms with Crippen LogP contribution in [0.5, 0.6) is 5.88 Å². The summed E-state index contributed by atoms with van der Waals surface area (Å²) in [5, 5.41) is 7.42. The Labute approximate surface area is 190 Å². The Morgan fingerprint density at radius 3 is 2.47 bits per heavy atom. The van der Waals surface area contributed by atoms with Crippen LogP contribution in [-0.2, 0) is 24.8 Å². The summed E-state index contributed by atoms with van der Waals surface area (Å²) in [5.41, 5.74) is 5.20. The second-order valence-corrected chi connectivity index (χ2v) is 8.76. The minimum Gasteiger partial charge on any atom is -0.481 e. The lowest BCUT2D eigenvalue weighted by atomic mass is 9.79. The molecule has 168 valence electrons. The number of methoxy groups -OCH3 is 1. The molecular formula is C26H32N4O2. The highest BCUT2D eigenvalue weighted by atomic mass is 16.5. The lowest BCUT2D eigenvalue weighted by Gasteiger charge is -2.28. The fourth-order valence-corrected chi connectivity index (χ4v) is 4.95. The summed E-state index contributed by atoms with van der Waals surface area (Å²) < 4.78 is 7.34. The number of hydrogen-bond donors (Lipinski definition) is 1. The molecule has 1 saturated heterocycles. The Kier molecular flexibility index (Phi) is 6.33. The quantitative estimate of drug-likeness (QED) is 0.620. The fourth-order valence-electron chi connectivity index (χ4n) is 4.95. The van der Waals surface area contributed by atoms with Crippen molar-refractivity contribution in [2.24, 2.45) is 12.5 Å². The van der Waals surface area contributed by atoms with E-state index in [4.69, 9.17) is 4.74 Å². The molecule has 1 atom stereocenters. The summed E-state index contributed by atoms with van der Waals surface area (Å²) in [7, 11) is 5.31. The van der Waals surface area contributed by atoms with E-state index in [0.29, 0.717) is 6.54 Å². The van der Waals surface area contributed by atoms with Crippen molar-refractivity contribution in [3.8, 4) is 17.0 Å². The summed E-state index contributed by atoms with van der Waals surface area (Å²) in [5.74, 6) is 0.901. The summed E-state index contributed by atoms with van der Waals surface area (Å²) in [6, 6.07) is 19.0. The zero-order chi connectivity index (χ0) is 22.7. The van der Waals surface area contributed by atoms with Crippen LogP contribution >= 0.6 is 0 Å². The number of amides is 1. The number of aryl methyl sites for hydroxylation is 2. The Morgan fingerprint density at radius 1 is 1.12 bits per heavy atom. The predicted octanol–water partition coefficient (Wildman–Crippen LogP) is 3.58. The zero-order valence-electron chi connectivity index (χ0n) is 19.4. The lowest BCUT2D eigenvalue weighted by molar-refractivity contribution is -0.130. The number of carbonyl (C=O) groups is 1. The van der Waals surface area contributed by atoms with Gasteiger partial charge in [-0.3, -0.25) is 9.69 Å². The average molecular weight is 433 g/mol. The molecule has 0 bridgehead atoms. The Morgan fingerprint density at radius 2 is 1.81 bits per heavy atom. The molecule has 0 saturated carbocycles. The van der Waals surface area contributed by atoms with Crippen molar-refractivity contribution in [3.63, 3.8) is 0 Å². The molecule has 2 aromatic carbocycles. The molecular weight excluding hydrogens is 400 g/mol. The van der Waals surface area contributed by atoms with E-state index in [0.717, 1.165) is 43.1 Å². The molecule has 1 aliphatic rings. The van der Waals surface area contributed by atoms with Gasteiger partial charge in [-0.25, -0.2) is 4.68 Å². The Balaban J connectivity index is 1.52. The number of carbonyl (C=O) groups excluding carboxylic acids is 1. The van der Waals surface area contributed by atoms with E-state index >= 15 is 0 Å². The molecule has 3 aromatic rings. The Bertz CT molecular complexity index is 1080. The SMILES string of the molecule is CNC(=O)C1(Cc2ccc(-c3ccccc3)cc2)CCN(Cc2c(C)nn(C)c2OC)C1. The van der Waals surface area contributed by atoms with Crippen LogP contribution in [0.25, 0.3) is 11.1 Å². The third kappa shape index (κ3) is 4.28. The maximum absolute atomic E-state index is 13.0. The van der Waals surface area contributed by atoms with Gasteiger partial charge in [-0.15, -0.1) is 0 Å². The van der Waals surface area contributed by atoms with E-state index < -0.39 is 5.41 Å². The van der Waals surface area contributed by atoms with Gasteiger partial charge in [-0.05, 0) is 43.0 Å². The second kappa shape index (κ2) is 9.17. The van der Waals surface area contributed by atoms with Crippen molar-refractivity contribution in [1.29, 1.82) is 0 Å². The van der Waals surface area contributed by atoms with Crippen LogP contribution in [0.1, 0.15) is 23.2 Å². The largest absolute Gasteiger partial charge is 0.481 e. The first-order valence-electron chi connectivity index (χ1n) is 11.1. The number of likely N-dealkylation sites (tertiary alicyclic amines) is 1. The van der Waals surface area contributed by atoms with Crippen LogP contribution < -0.4 is 10.1 Å². The predicted molar refractivity (Wildman–Crippen MR) is 126 cm³/mol. The summed E-state index contributed by atoms with van der Waals surface area (Å²) >= 11 is 0. The van der Waals surface area contributed by atoms with Gasteiger partial charge in [0.2, 0.25) is 11.8 Å². The van der Waals surface area contributed by atoms with E-state index in [2.05, 4.69) is 63.8 Å². The Hall–Kier alpha value is -3.12. The maximum Gasteiger partial charge on any atom is 0.227 e. The fraction of sp³-hybridized carbons (Fsp3) is 0.385. The van der Waals surface area contributed by atoms with Crippen LogP contribution in [0.15, 0.2) is 54.6 Å². The van der Waals surface area contributed by atoms with Crippen molar-refractivity contribution in [2.45, 2.75) is 26.3 Å². The third-order valence-electron chi connectivity index (χ3n) is 6.61. The van der Waals surface area contributed by atoms with E-state index in [1.165, 1.54) is 16.7 Å². The van der Waals surface area contributed by atoms with Crippen molar-refractivity contribution in [3.05, 3.63) is 71.4 Å². The highest BCUT2D eigenvalue weighted by molar-refractivity contribution is 5.83. The first-order valence-corrected chi connectivity index (χ1v) is 11.1. The van der Waals surface area contributed by atoms with Gasteiger partial charge in [-0.1, -0.05) is 54.6 Å². The summed E-state index contributed by atoms with van der Waals surface area (Å²) in [6.45, 7) is 4.32. The third-order valence-corrected chi connectivity index (χ3v) is 6.61. The molecule has 6 nitrogen and oxygen atoms in total. The van der Waals surface area contributed by atoms with Gasteiger partial charge in [0.25, 0.3) is 0 Å². The van der Waals surface area contributed by atoms with Gasteiger partial charge in [0, 0.05) is 27.2 Å². The van der Waals surface area contributed by atoms with Crippen molar-refractivity contribution < 1.29 is 9.53 Å². The maximum atomic E-state index is 13.0. The van der Waals surface area contributed by atoms with Crippen LogP contribution in [0.4, 0.5) is 0 Å². The van der Waals surface area contributed by atoms with Crippen molar-refractivity contribution >= 4 is 5.91 Å². The molecule has 32 heavy (non-hydrogen) atoms. The molecule has 4 rings (SSSR count). The first kappa shape index (κ1) is 22.1. The standard InChI is InChI=1S/C26H32N4O2/c1-19-23(24(32-4)29(3)28-19)17-30-15-14-26(18-30,25(31)27-2)16-20-10-12-22(13-11-20)21-8-6-5-7-9-21/h5-13H,14-18H2,1-4H3,(H,27,31). The van der Waals surface area contributed by atoms with Gasteiger partial charge in [-0.2, -0.15) is 5.10 Å². The van der Waals surface area contributed by atoms with E-state index in [-0.39, 0.29) is 5.91 Å². The van der Waals surface area contributed by atoms with Crippen LogP contribution in [0.3, 0.4) is 0 Å². The monoisotopic (exact) mass is 432 g/mol. The summed E-state index contributed by atoms with van der Waals surface area (Å²) in [4.78, 5) is 15.4. The average Bonchev–Trinajstić information content (AvgIpc) is 3.34. The minimum absolute atomic E-state index is 0.113. The zero-order valence-corrected chi connectivity index (χ0v) is 19.4. The second-order valence-electron chi connectivity index (χ2n) is 8.76. The highest BCUT2D eigenvalue weighted by Gasteiger charge is 2.44. The molecule has 1 N–H and O–H groups in total. The highest BCUT2D eigenvalue weighted by Crippen LogP contribution is 2.37. The number of ether oxygens (including phenoxy) is 1. The molecule has 1 fully saturated rings. The molecule has 1 aromatic heterocycles. The van der Waals surface area contributed by atoms with Gasteiger partial charge in [0.15, 0.2) is 0 Å². The number of rotatable bonds is 7. The molecule has 0 radical (unpaired) electrons. The molecule has 0 spiro atoms. The molecule has 1 aliphatic heterocycles. The van der Waals surface area contributed by atoms with Gasteiger partial charge >= 0.3 is 0 Å². The molecule has 1 amide bonds. The number of nitrogens with zero attached hydrogens (tertiary/aromatic N) is 3. The number of hydrogen-bond acceptors (Lipinski definition) is 4. The summed E-state index contributed by atoms with van der Waals surface area (Å²) in [6.07, 6.45) is 1.55. The van der Waals surface area contributed by atoms with Gasteiger partial charge < -0.3 is 10.1 Å². The molecule has 0 aliphatic carbocycles. The lowest BCUT2D eigenvalue weighted by Crippen LogP contribution is -2.43. The molecule has 1 unspecified atom stereocenters. The first-order chi connectivity index (χ1) is 15.5. The normalized spacial score (nSPS) is 18.6. The van der Waals surface area contributed by atoms with Crippen LogP contribution in [0.2, 0.25) is 0 Å². The van der Waals surface area contributed by atoms with E-state index in [9.17, 15) is 4.79 Å². The van der Waals surface area contributed by atoms with E-state index in [1.54, 1.807) is 18.8 Å². The smallest absolute Gasteiger partial charge is 0.227 e. The minimum atomic E-state index is -0.438. The number of nitrogens with one attached hydrogen (secondary N) is 1. The van der Waals surface area contributed by atoms with Crippen LogP contribution in [-0.4, -0.2) is 47.8 Å². The number of aromatic nitrogens is 2. The van der Waals surface area contributed by atoms with Crippen LogP contribution in [0, 0.1) is 12.3 Å². The molecule has 2 heterocycles. The van der Waals surface area contributed by atoms with E-state index in [1.807, 2.05) is 20.0 Å². The number of benzene rings is 2.